The molecule has 0 aliphatic carbocycles. The molecule has 0 aliphatic heterocycles. The van der Waals surface area contributed by atoms with Crippen molar-refractivity contribution in [3.05, 3.63) is 194 Å². The first-order chi connectivity index (χ1) is 25.3. The Morgan fingerprint density at radius 3 is 1.20 bits per heavy atom. The smallest absolute Gasteiger partial charge is 0.143 e. The molecule has 51 heavy (non-hydrogen) atoms. The summed E-state index contributed by atoms with van der Waals surface area (Å²) in [7, 11) is 0. The van der Waals surface area contributed by atoms with Crippen molar-refractivity contribution in [3.63, 3.8) is 0 Å². The van der Waals surface area contributed by atoms with Crippen LogP contribution in [-0.4, -0.2) is 0 Å². The van der Waals surface area contributed by atoms with Crippen LogP contribution in [0.4, 0.5) is 0 Å². The molecular formula is C50H32O. The number of benzene rings is 9. The molecule has 0 unspecified atom stereocenters. The topological polar surface area (TPSA) is 13.1 Å². The molecule has 0 radical (unpaired) electrons. The lowest BCUT2D eigenvalue weighted by Gasteiger charge is -2.12. The predicted octanol–water partition coefficient (Wildman–Crippen LogP) is 14.2. The van der Waals surface area contributed by atoms with Gasteiger partial charge in [0.1, 0.15) is 11.2 Å². The van der Waals surface area contributed by atoms with E-state index in [2.05, 4.69) is 194 Å². The molecule has 1 heterocycles. The molecule has 0 saturated heterocycles. The Morgan fingerprint density at radius 1 is 0.235 bits per heavy atom. The molecule has 0 bridgehead atoms. The van der Waals surface area contributed by atoms with Gasteiger partial charge in [-0.25, -0.2) is 0 Å². The lowest BCUT2D eigenvalue weighted by molar-refractivity contribution is 0.671. The standard InChI is InChI=1S/C50H32O/c1-4-14-33(15-5-1)39-29-45(35-18-8-3-9-19-35)49-47(31-39)48-32-40(34-16-6-2-7-17-34)30-46(50(48)51-49)37-26-24-36(25-27-37)44-28-38-20-10-11-21-41(38)42-22-12-13-23-43(42)44/h1-32H. The highest BCUT2D eigenvalue weighted by atomic mass is 16.3. The fourth-order valence-electron chi connectivity index (χ4n) is 7.74. The average molecular weight is 649 g/mol. The zero-order valence-corrected chi connectivity index (χ0v) is 27.9. The van der Waals surface area contributed by atoms with Crippen LogP contribution in [0.3, 0.4) is 0 Å². The summed E-state index contributed by atoms with van der Waals surface area (Å²) in [5, 5.41) is 7.29. The molecular weight excluding hydrogens is 617 g/mol. The van der Waals surface area contributed by atoms with Crippen molar-refractivity contribution in [3.8, 4) is 55.6 Å². The molecule has 0 atom stereocenters. The summed E-state index contributed by atoms with van der Waals surface area (Å²) in [5.74, 6) is 0. The van der Waals surface area contributed by atoms with E-state index in [0.29, 0.717) is 0 Å². The first-order valence-electron chi connectivity index (χ1n) is 17.5. The molecule has 1 nitrogen and oxygen atoms in total. The molecule has 0 fully saturated rings. The molecule has 0 amide bonds. The third kappa shape index (κ3) is 5.02. The van der Waals surface area contributed by atoms with Crippen LogP contribution in [0.25, 0.3) is 99.1 Å². The van der Waals surface area contributed by atoms with E-state index in [-0.39, 0.29) is 0 Å². The lowest BCUT2D eigenvalue weighted by Crippen LogP contribution is -1.86. The van der Waals surface area contributed by atoms with Crippen molar-refractivity contribution < 1.29 is 4.42 Å². The normalized spacial score (nSPS) is 11.5. The van der Waals surface area contributed by atoms with E-state index in [1.165, 1.54) is 49.4 Å². The minimum Gasteiger partial charge on any atom is -0.455 e. The summed E-state index contributed by atoms with van der Waals surface area (Å²) >= 11 is 0. The number of hydrogen-bond acceptors (Lipinski definition) is 1. The lowest BCUT2D eigenvalue weighted by atomic mass is 9.91. The maximum absolute atomic E-state index is 7.03. The van der Waals surface area contributed by atoms with E-state index in [0.717, 1.165) is 49.8 Å². The fraction of sp³-hybridized carbons (Fsp3) is 0. The molecule has 1 aromatic heterocycles. The zero-order chi connectivity index (χ0) is 33.7. The van der Waals surface area contributed by atoms with Crippen molar-refractivity contribution in [1.29, 1.82) is 0 Å². The molecule has 10 rings (SSSR count). The number of fused-ring (bicyclic) bond motifs is 6. The summed E-state index contributed by atoms with van der Waals surface area (Å²) in [6.07, 6.45) is 0. The van der Waals surface area contributed by atoms with Crippen LogP contribution < -0.4 is 0 Å². The predicted molar refractivity (Wildman–Crippen MR) is 216 cm³/mol. The van der Waals surface area contributed by atoms with Crippen LogP contribution >= 0.6 is 0 Å². The van der Waals surface area contributed by atoms with Crippen LogP contribution in [0.1, 0.15) is 0 Å². The monoisotopic (exact) mass is 648 g/mol. The van der Waals surface area contributed by atoms with Crippen molar-refractivity contribution in [1.82, 2.24) is 0 Å². The zero-order valence-electron chi connectivity index (χ0n) is 27.9. The van der Waals surface area contributed by atoms with E-state index in [4.69, 9.17) is 4.42 Å². The SMILES string of the molecule is c1ccc(-c2cc(-c3ccccc3)c3oc4c(-c5ccc(-c6cc7ccccc7c7ccccc67)cc5)cc(-c5ccccc5)cc4c3c2)cc1. The first kappa shape index (κ1) is 29.2. The van der Waals surface area contributed by atoms with Crippen LogP contribution in [0.2, 0.25) is 0 Å². The maximum atomic E-state index is 7.03. The summed E-state index contributed by atoms with van der Waals surface area (Å²) < 4.78 is 7.03. The Morgan fingerprint density at radius 2 is 0.647 bits per heavy atom. The van der Waals surface area contributed by atoms with Gasteiger partial charge in [0.25, 0.3) is 0 Å². The highest BCUT2D eigenvalue weighted by Crippen LogP contribution is 2.45. The van der Waals surface area contributed by atoms with Crippen molar-refractivity contribution in [2.45, 2.75) is 0 Å². The highest BCUT2D eigenvalue weighted by Gasteiger charge is 2.20. The summed E-state index contributed by atoms with van der Waals surface area (Å²) in [6.45, 7) is 0. The van der Waals surface area contributed by atoms with E-state index in [1.54, 1.807) is 0 Å². The van der Waals surface area contributed by atoms with Crippen LogP contribution in [0, 0.1) is 0 Å². The molecule has 0 spiro atoms. The third-order valence-corrected chi connectivity index (χ3v) is 10.2. The van der Waals surface area contributed by atoms with Crippen LogP contribution in [-0.2, 0) is 0 Å². The van der Waals surface area contributed by atoms with E-state index in [1.807, 2.05) is 0 Å². The van der Waals surface area contributed by atoms with Gasteiger partial charge >= 0.3 is 0 Å². The van der Waals surface area contributed by atoms with E-state index in [9.17, 15) is 0 Å². The second-order valence-corrected chi connectivity index (χ2v) is 13.3. The van der Waals surface area contributed by atoms with Gasteiger partial charge in [0.05, 0.1) is 0 Å². The first-order valence-corrected chi connectivity index (χ1v) is 17.5. The van der Waals surface area contributed by atoms with Gasteiger partial charge in [0.15, 0.2) is 0 Å². The Kier molecular flexibility index (Phi) is 6.89. The Hall–Kier alpha value is -6.70. The number of hydrogen-bond donors (Lipinski definition) is 0. The summed E-state index contributed by atoms with van der Waals surface area (Å²) in [5.41, 5.74) is 13.4. The minimum atomic E-state index is 0.899. The van der Waals surface area contributed by atoms with Crippen molar-refractivity contribution in [2.75, 3.05) is 0 Å². The number of rotatable bonds is 5. The number of furan rings is 1. The van der Waals surface area contributed by atoms with E-state index < -0.39 is 0 Å². The van der Waals surface area contributed by atoms with Gasteiger partial charge in [-0.3, -0.25) is 0 Å². The maximum Gasteiger partial charge on any atom is 0.143 e. The second-order valence-electron chi connectivity index (χ2n) is 13.3. The molecule has 1 heteroatoms. The Balaban J connectivity index is 1.21. The van der Waals surface area contributed by atoms with Gasteiger partial charge in [-0.05, 0) is 96.4 Å². The average Bonchev–Trinajstić information content (AvgIpc) is 3.59. The van der Waals surface area contributed by atoms with Crippen molar-refractivity contribution >= 4 is 43.5 Å². The molecule has 0 aliphatic rings. The van der Waals surface area contributed by atoms with Crippen LogP contribution in [0.5, 0.6) is 0 Å². The quantitative estimate of drug-likeness (QED) is 0.169. The molecule has 0 saturated carbocycles. The molecule has 9 aromatic carbocycles. The largest absolute Gasteiger partial charge is 0.455 e. The molecule has 10 aromatic rings. The van der Waals surface area contributed by atoms with Gasteiger partial charge in [-0.2, -0.15) is 0 Å². The molecule has 0 N–H and O–H groups in total. The minimum absolute atomic E-state index is 0.899. The summed E-state index contributed by atoms with van der Waals surface area (Å²) in [6, 6.07) is 69.8. The van der Waals surface area contributed by atoms with Gasteiger partial charge < -0.3 is 4.42 Å². The van der Waals surface area contributed by atoms with Gasteiger partial charge in [0, 0.05) is 21.9 Å². The third-order valence-electron chi connectivity index (χ3n) is 10.2. The summed E-state index contributed by atoms with van der Waals surface area (Å²) in [4.78, 5) is 0. The second kappa shape index (κ2) is 12.0. The van der Waals surface area contributed by atoms with E-state index >= 15 is 0 Å². The van der Waals surface area contributed by atoms with Gasteiger partial charge in [-0.15, -0.1) is 0 Å². The van der Waals surface area contributed by atoms with Gasteiger partial charge in [0.2, 0.25) is 0 Å². The van der Waals surface area contributed by atoms with Crippen LogP contribution in [0.15, 0.2) is 199 Å². The molecule has 238 valence electrons. The Bertz CT molecular complexity index is 2860. The highest BCUT2D eigenvalue weighted by molar-refractivity contribution is 6.16. The van der Waals surface area contributed by atoms with Gasteiger partial charge in [-0.1, -0.05) is 164 Å². The van der Waals surface area contributed by atoms with Crippen molar-refractivity contribution in [2.24, 2.45) is 0 Å². The Labute approximate surface area is 296 Å². The fourth-order valence-corrected chi connectivity index (χ4v) is 7.74.